The Labute approximate surface area is 151 Å². The number of carbonyl (C=O) groups excluding carboxylic acids is 1. The lowest BCUT2D eigenvalue weighted by Gasteiger charge is -2.37. The van der Waals surface area contributed by atoms with Gasteiger partial charge in [-0.05, 0) is 37.8 Å². The normalized spacial score (nSPS) is 26.1. The van der Waals surface area contributed by atoms with Crippen molar-refractivity contribution in [2.24, 2.45) is 0 Å². The molecule has 2 saturated heterocycles. The van der Waals surface area contributed by atoms with Crippen molar-refractivity contribution in [2.45, 2.75) is 43.8 Å². The van der Waals surface area contributed by atoms with Crippen molar-refractivity contribution >= 4 is 26.9 Å². The number of para-hydroxylation sites is 1. The number of amides is 1. The molecule has 3 heterocycles. The molecule has 1 aromatic heterocycles. The van der Waals surface area contributed by atoms with E-state index in [4.69, 9.17) is 4.42 Å². The van der Waals surface area contributed by atoms with Crippen LogP contribution >= 0.6 is 0 Å². The first kappa shape index (κ1) is 17.2. The maximum Gasteiger partial charge on any atom is 0.349 e. The number of nitrogens with one attached hydrogen (secondary N) is 1. The third kappa shape index (κ3) is 3.03. The number of piperidine rings is 1. The number of carbonyl (C=O) groups is 1. The van der Waals surface area contributed by atoms with Gasteiger partial charge < -0.3 is 9.73 Å². The lowest BCUT2D eigenvalue weighted by molar-refractivity contribution is 0.0906. The van der Waals surface area contributed by atoms with Gasteiger partial charge in [0.1, 0.15) is 11.1 Å². The Morgan fingerprint density at radius 1 is 1.19 bits per heavy atom. The third-order valence-electron chi connectivity index (χ3n) is 5.27. The first-order chi connectivity index (χ1) is 12.3. The summed E-state index contributed by atoms with van der Waals surface area (Å²) in [5.41, 5.74) is -0.257. The molecule has 2 atom stereocenters. The second-order valence-electron chi connectivity index (χ2n) is 7.11. The third-order valence-corrected chi connectivity index (χ3v) is 6.63. The van der Waals surface area contributed by atoms with E-state index in [0.29, 0.717) is 23.8 Å². The zero-order valence-corrected chi connectivity index (χ0v) is 15.2. The lowest BCUT2D eigenvalue weighted by Crippen LogP contribution is -2.52. The Hall–Kier alpha value is -2.19. The summed E-state index contributed by atoms with van der Waals surface area (Å²) in [7, 11) is -3.24. The molecule has 1 N–H and O–H groups in total. The maximum atomic E-state index is 12.6. The summed E-state index contributed by atoms with van der Waals surface area (Å²) in [4.78, 5) is 24.7. The SMILES string of the molecule is CS(=O)(=O)N1C2CCC1CC(NC(=O)c1cc3ccccc3oc1=O)C2. The Balaban J connectivity index is 1.53. The van der Waals surface area contributed by atoms with E-state index in [0.717, 1.165) is 12.8 Å². The van der Waals surface area contributed by atoms with Gasteiger partial charge in [0.15, 0.2) is 0 Å². The number of rotatable bonds is 3. The van der Waals surface area contributed by atoms with Gasteiger partial charge in [-0.2, -0.15) is 4.31 Å². The monoisotopic (exact) mass is 376 g/mol. The average Bonchev–Trinajstić information content (AvgIpc) is 2.86. The summed E-state index contributed by atoms with van der Waals surface area (Å²) in [6.45, 7) is 0. The van der Waals surface area contributed by atoms with Crippen molar-refractivity contribution in [2.75, 3.05) is 6.26 Å². The summed E-state index contributed by atoms with van der Waals surface area (Å²) in [5.74, 6) is -0.471. The van der Waals surface area contributed by atoms with Gasteiger partial charge in [0.05, 0.1) is 6.26 Å². The molecular weight excluding hydrogens is 356 g/mol. The van der Waals surface area contributed by atoms with E-state index in [1.54, 1.807) is 22.5 Å². The summed E-state index contributed by atoms with van der Waals surface area (Å²) < 4.78 is 30.7. The zero-order valence-electron chi connectivity index (χ0n) is 14.3. The zero-order chi connectivity index (χ0) is 18.5. The van der Waals surface area contributed by atoms with E-state index in [-0.39, 0.29) is 23.7 Å². The Kier molecular flexibility index (Phi) is 4.11. The molecular formula is C18H20N2O5S. The summed E-state index contributed by atoms with van der Waals surface area (Å²) in [6.07, 6.45) is 3.98. The van der Waals surface area contributed by atoms with Crippen LogP contribution in [-0.2, 0) is 10.0 Å². The molecule has 26 heavy (non-hydrogen) atoms. The molecule has 2 bridgehead atoms. The molecule has 0 saturated carbocycles. The molecule has 0 aliphatic carbocycles. The Morgan fingerprint density at radius 2 is 1.85 bits per heavy atom. The number of hydrogen-bond donors (Lipinski definition) is 1. The van der Waals surface area contributed by atoms with E-state index in [1.165, 1.54) is 12.3 Å². The Morgan fingerprint density at radius 3 is 2.50 bits per heavy atom. The quantitative estimate of drug-likeness (QED) is 0.819. The second kappa shape index (κ2) is 6.21. The summed E-state index contributed by atoms with van der Waals surface area (Å²) in [5, 5.41) is 3.58. The Bertz CT molecular complexity index is 1020. The molecule has 2 aliphatic heterocycles. The molecule has 4 rings (SSSR count). The highest BCUT2D eigenvalue weighted by atomic mass is 32.2. The number of fused-ring (bicyclic) bond motifs is 3. The van der Waals surface area contributed by atoms with Gasteiger partial charge in [0.25, 0.3) is 5.91 Å². The highest BCUT2D eigenvalue weighted by Crippen LogP contribution is 2.37. The van der Waals surface area contributed by atoms with Gasteiger partial charge in [-0.3, -0.25) is 4.79 Å². The van der Waals surface area contributed by atoms with Crippen LogP contribution in [0, 0.1) is 0 Å². The highest BCUT2D eigenvalue weighted by molar-refractivity contribution is 7.88. The lowest BCUT2D eigenvalue weighted by atomic mass is 9.99. The van der Waals surface area contributed by atoms with Crippen LogP contribution in [-0.4, -0.2) is 43.0 Å². The summed E-state index contributed by atoms with van der Waals surface area (Å²) >= 11 is 0. The topological polar surface area (TPSA) is 96.7 Å². The smallest absolute Gasteiger partial charge is 0.349 e. The first-order valence-electron chi connectivity index (χ1n) is 8.65. The van der Waals surface area contributed by atoms with E-state index >= 15 is 0 Å². The van der Waals surface area contributed by atoms with Crippen molar-refractivity contribution in [3.05, 3.63) is 46.3 Å². The average molecular weight is 376 g/mol. The fourth-order valence-electron chi connectivity index (χ4n) is 4.28. The van der Waals surface area contributed by atoms with E-state index in [1.807, 2.05) is 6.07 Å². The number of hydrogen-bond acceptors (Lipinski definition) is 5. The fourth-order valence-corrected chi connectivity index (χ4v) is 5.74. The minimum atomic E-state index is -3.24. The van der Waals surface area contributed by atoms with Crippen LogP contribution in [0.25, 0.3) is 11.0 Å². The molecule has 2 aliphatic rings. The van der Waals surface area contributed by atoms with Crippen LogP contribution in [0.1, 0.15) is 36.0 Å². The molecule has 1 amide bonds. The van der Waals surface area contributed by atoms with Crippen molar-refractivity contribution < 1.29 is 17.6 Å². The minimum Gasteiger partial charge on any atom is -0.422 e. The van der Waals surface area contributed by atoms with E-state index < -0.39 is 21.6 Å². The van der Waals surface area contributed by atoms with Crippen LogP contribution in [0.5, 0.6) is 0 Å². The second-order valence-corrected chi connectivity index (χ2v) is 8.99. The molecule has 0 spiro atoms. The number of benzene rings is 1. The molecule has 1 aromatic carbocycles. The molecule has 2 unspecified atom stereocenters. The fraction of sp³-hybridized carbons (Fsp3) is 0.444. The standard InChI is InChI=1S/C18H20N2O5S/c1-26(23,24)20-13-6-7-14(20)10-12(9-13)19-17(21)15-8-11-4-2-3-5-16(11)25-18(15)22/h2-5,8,12-14H,6-7,9-10H2,1H3,(H,19,21). The molecule has 8 heteroatoms. The molecule has 2 fully saturated rings. The van der Waals surface area contributed by atoms with Gasteiger partial charge in [0, 0.05) is 23.5 Å². The first-order valence-corrected chi connectivity index (χ1v) is 10.5. The van der Waals surface area contributed by atoms with Crippen LogP contribution in [0.3, 0.4) is 0 Å². The maximum absolute atomic E-state index is 12.6. The van der Waals surface area contributed by atoms with Gasteiger partial charge >= 0.3 is 5.63 Å². The van der Waals surface area contributed by atoms with Crippen molar-refractivity contribution in [1.82, 2.24) is 9.62 Å². The van der Waals surface area contributed by atoms with E-state index in [2.05, 4.69) is 5.32 Å². The number of sulfonamides is 1. The van der Waals surface area contributed by atoms with Crippen LogP contribution in [0.4, 0.5) is 0 Å². The molecule has 7 nitrogen and oxygen atoms in total. The molecule has 2 aromatic rings. The van der Waals surface area contributed by atoms with Gasteiger partial charge in [-0.25, -0.2) is 13.2 Å². The van der Waals surface area contributed by atoms with Gasteiger partial charge in [-0.1, -0.05) is 18.2 Å². The largest absolute Gasteiger partial charge is 0.422 e. The summed E-state index contributed by atoms with van der Waals surface area (Å²) in [6, 6.07) is 8.25. The van der Waals surface area contributed by atoms with Crippen molar-refractivity contribution in [3.8, 4) is 0 Å². The predicted molar refractivity (Wildman–Crippen MR) is 96.5 cm³/mol. The van der Waals surface area contributed by atoms with Gasteiger partial charge in [0.2, 0.25) is 10.0 Å². The van der Waals surface area contributed by atoms with Crippen molar-refractivity contribution in [3.63, 3.8) is 0 Å². The minimum absolute atomic E-state index is 0.0263. The van der Waals surface area contributed by atoms with Crippen molar-refractivity contribution in [1.29, 1.82) is 0 Å². The van der Waals surface area contributed by atoms with Gasteiger partial charge in [-0.15, -0.1) is 0 Å². The highest BCUT2D eigenvalue weighted by Gasteiger charge is 2.45. The number of nitrogens with zero attached hydrogens (tertiary/aromatic N) is 1. The van der Waals surface area contributed by atoms with Crippen LogP contribution in [0.15, 0.2) is 39.5 Å². The van der Waals surface area contributed by atoms with E-state index in [9.17, 15) is 18.0 Å². The molecule has 0 radical (unpaired) electrons. The van der Waals surface area contributed by atoms with Crippen LogP contribution in [0.2, 0.25) is 0 Å². The molecule has 138 valence electrons. The predicted octanol–water partition coefficient (Wildman–Crippen LogP) is 1.48. The van der Waals surface area contributed by atoms with Crippen LogP contribution < -0.4 is 10.9 Å².